The van der Waals surface area contributed by atoms with Gasteiger partial charge in [0.2, 0.25) is 0 Å². The Morgan fingerprint density at radius 1 is 1.11 bits per heavy atom. The second-order valence-electron chi connectivity index (χ2n) is 4.91. The first-order chi connectivity index (χ1) is 9.26. The Morgan fingerprint density at radius 3 is 2.37 bits per heavy atom. The van der Waals surface area contributed by atoms with Crippen molar-refractivity contribution < 1.29 is 9.84 Å². The van der Waals surface area contributed by atoms with Crippen molar-refractivity contribution in [2.45, 2.75) is 19.6 Å². The second kappa shape index (κ2) is 4.94. The van der Waals surface area contributed by atoms with E-state index in [0.29, 0.717) is 11.5 Å². The van der Waals surface area contributed by atoms with E-state index < -0.39 is 0 Å². The molecule has 0 aromatic heterocycles. The minimum atomic E-state index is 0.301. The maximum Gasteiger partial charge on any atom is 0.123 e. The van der Waals surface area contributed by atoms with Crippen LogP contribution in [-0.2, 0) is 19.6 Å². The average Bonchev–Trinajstić information content (AvgIpc) is 2.83. The fraction of sp³-hybridized carbons (Fsp3) is 0.250. The average molecular weight is 255 g/mol. The number of hydrogen-bond donors (Lipinski definition) is 1. The first-order valence-electron chi connectivity index (χ1n) is 6.41. The Morgan fingerprint density at radius 2 is 1.79 bits per heavy atom. The lowest BCUT2D eigenvalue weighted by Crippen LogP contribution is -2.15. The summed E-state index contributed by atoms with van der Waals surface area (Å²) in [6.45, 7) is 2.65. The SMILES string of the molecule is COc1ccc(CN2Cc3ccccc3C2)c(O)c1. The van der Waals surface area contributed by atoms with Gasteiger partial charge in [0, 0.05) is 31.3 Å². The van der Waals surface area contributed by atoms with Gasteiger partial charge in [-0.3, -0.25) is 4.90 Å². The van der Waals surface area contributed by atoms with E-state index in [0.717, 1.165) is 25.2 Å². The molecule has 1 N–H and O–H groups in total. The number of aromatic hydroxyl groups is 1. The molecule has 98 valence electrons. The van der Waals surface area contributed by atoms with Crippen molar-refractivity contribution in [2.75, 3.05) is 7.11 Å². The molecule has 1 heterocycles. The standard InChI is InChI=1S/C16H17NO2/c1-19-15-7-6-14(16(18)8-15)11-17-9-12-4-2-3-5-13(12)10-17/h2-8,18H,9-11H2,1H3. The molecule has 2 aromatic carbocycles. The van der Waals surface area contributed by atoms with Crippen LogP contribution in [0.1, 0.15) is 16.7 Å². The molecule has 1 aliphatic rings. The predicted octanol–water partition coefficient (Wildman–Crippen LogP) is 2.92. The zero-order valence-electron chi connectivity index (χ0n) is 11.0. The largest absolute Gasteiger partial charge is 0.507 e. The van der Waals surface area contributed by atoms with Crippen LogP contribution in [0.5, 0.6) is 11.5 Å². The van der Waals surface area contributed by atoms with Crippen LogP contribution >= 0.6 is 0 Å². The lowest BCUT2D eigenvalue weighted by Gasteiger charge is -2.16. The number of phenolic OH excluding ortho intramolecular Hbond substituents is 1. The predicted molar refractivity (Wildman–Crippen MR) is 74.1 cm³/mol. The van der Waals surface area contributed by atoms with Gasteiger partial charge in [0.25, 0.3) is 0 Å². The fourth-order valence-electron chi connectivity index (χ4n) is 2.56. The molecule has 0 saturated heterocycles. The molecule has 0 unspecified atom stereocenters. The van der Waals surface area contributed by atoms with Crippen LogP contribution in [0.25, 0.3) is 0 Å². The van der Waals surface area contributed by atoms with Gasteiger partial charge < -0.3 is 9.84 Å². The topological polar surface area (TPSA) is 32.7 Å². The quantitative estimate of drug-likeness (QED) is 0.915. The van der Waals surface area contributed by atoms with Crippen molar-refractivity contribution >= 4 is 0 Å². The van der Waals surface area contributed by atoms with Crippen molar-refractivity contribution in [2.24, 2.45) is 0 Å². The highest BCUT2D eigenvalue weighted by Crippen LogP contribution is 2.28. The summed E-state index contributed by atoms with van der Waals surface area (Å²) < 4.78 is 5.10. The van der Waals surface area contributed by atoms with Gasteiger partial charge in [-0.25, -0.2) is 0 Å². The minimum absolute atomic E-state index is 0.301. The molecule has 0 radical (unpaired) electrons. The van der Waals surface area contributed by atoms with E-state index in [1.807, 2.05) is 12.1 Å². The van der Waals surface area contributed by atoms with Crippen LogP contribution in [0.3, 0.4) is 0 Å². The maximum absolute atomic E-state index is 9.99. The number of phenols is 1. The summed E-state index contributed by atoms with van der Waals surface area (Å²) in [5, 5.41) is 9.99. The number of rotatable bonds is 3. The molecule has 3 heteroatoms. The highest BCUT2D eigenvalue weighted by atomic mass is 16.5. The van der Waals surface area contributed by atoms with E-state index in [9.17, 15) is 5.11 Å². The number of benzene rings is 2. The van der Waals surface area contributed by atoms with Gasteiger partial charge in [-0.1, -0.05) is 30.3 Å². The highest BCUT2D eigenvalue weighted by Gasteiger charge is 2.19. The van der Waals surface area contributed by atoms with Crippen LogP contribution in [0.2, 0.25) is 0 Å². The van der Waals surface area contributed by atoms with Gasteiger partial charge in [0.1, 0.15) is 11.5 Å². The molecule has 1 aliphatic heterocycles. The van der Waals surface area contributed by atoms with Crippen LogP contribution in [0.15, 0.2) is 42.5 Å². The Kier molecular flexibility index (Phi) is 3.13. The summed E-state index contributed by atoms with van der Waals surface area (Å²) in [6.07, 6.45) is 0. The number of ether oxygens (including phenoxy) is 1. The van der Waals surface area contributed by atoms with Crippen molar-refractivity contribution in [3.05, 3.63) is 59.2 Å². The Labute approximate surface area is 113 Å². The second-order valence-corrected chi connectivity index (χ2v) is 4.91. The first-order valence-corrected chi connectivity index (χ1v) is 6.41. The third-order valence-corrected chi connectivity index (χ3v) is 3.59. The number of methoxy groups -OCH3 is 1. The zero-order chi connectivity index (χ0) is 13.2. The van der Waals surface area contributed by atoms with E-state index in [-0.39, 0.29) is 0 Å². The van der Waals surface area contributed by atoms with Crippen molar-refractivity contribution in [3.8, 4) is 11.5 Å². The summed E-state index contributed by atoms with van der Waals surface area (Å²) in [7, 11) is 1.60. The Bertz CT molecular complexity index is 570. The van der Waals surface area contributed by atoms with Crippen LogP contribution in [0.4, 0.5) is 0 Å². The Balaban J connectivity index is 1.74. The number of nitrogens with zero attached hydrogens (tertiary/aromatic N) is 1. The molecule has 0 spiro atoms. The molecule has 0 aliphatic carbocycles. The van der Waals surface area contributed by atoms with Gasteiger partial charge in [-0.2, -0.15) is 0 Å². The molecule has 0 saturated carbocycles. The summed E-state index contributed by atoms with van der Waals surface area (Å²) in [6, 6.07) is 14.0. The highest BCUT2D eigenvalue weighted by molar-refractivity contribution is 5.40. The molecule has 19 heavy (non-hydrogen) atoms. The van der Waals surface area contributed by atoms with Crippen LogP contribution in [-0.4, -0.2) is 17.1 Å². The van der Waals surface area contributed by atoms with Crippen molar-refractivity contribution in [3.63, 3.8) is 0 Å². The molecule has 0 fully saturated rings. The van der Waals surface area contributed by atoms with Gasteiger partial charge in [0.15, 0.2) is 0 Å². The Hall–Kier alpha value is -2.00. The molecule has 0 atom stereocenters. The molecule has 0 bridgehead atoms. The molecular weight excluding hydrogens is 238 g/mol. The van der Waals surface area contributed by atoms with E-state index in [1.165, 1.54) is 11.1 Å². The summed E-state index contributed by atoms with van der Waals surface area (Å²) in [5.74, 6) is 0.987. The van der Waals surface area contributed by atoms with E-state index in [4.69, 9.17) is 4.74 Å². The summed E-state index contributed by atoms with van der Waals surface area (Å²) in [5.41, 5.74) is 3.71. The van der Waals surface area contributed by atoms with E-state index in [2.05, 4.69) is 29.2 Å². The van der Waals surface area contributed by atoms with Crippen molar-refractivity contribution in [1.29, 1.82) is 0 Å². The third-order valence-electron chi connectivity index (χ3n) is 3.59. The molecule has 0 amide bonds. The fourth-order valence-corrected chi connectivity index (χ4v) is 2.56. The van der Waals surface area contributed by atoms with Crippen LogP contribution in [0, 0.1) is 0 Å². The van der Waals surface area contributed by atoms with Crippen molar-refractivity contribution in [1.82, 2.24) is 4.90 Å². The summed E-state index contributed by atoms with van der Waals surface area (Å²) in [4.78, 5) is 2.33. The van der Waals surface area contributed by atoms with Gasteiger partial charge >= 0.3 is 0 Å². The smallest absolute Gasteiger partial charge is 0.123 e. The van der Waals surface area contributed by atoms with Gasteiger partial charge in [-0.05, 0) is 17.2 Å². The monoisotopic (exact) mass is 255 g/mol. The maximum atomic E-state index is 9.99. The van der Waals surface area contributed by atoms with Crippen LogP contribution < -0.4 is 4.74 Å². The van der Waals surface area contributed by atoms with E-state index >= 15 is 0 Å². The molecule has 3 rings (SSSR count). The lowest BCUT2D eigenvalue weighted by atomic mass is 10.1. The zero-order valence-corrected chi connectivity index (χ0v) is 11.0. The van der Waals surface area contributed by atoms with Gasteiger partial charge in [-0.15, -0.1) is 0 Å². The minimum Gasteiger partial charge on any atom is -0.507 e. The van der Waals surface area contributed by atoms with E-state index in [1.54, 1.807) is 13.2 Å². The molecule has 2 aromatic rings. The lowest BCUT2D eigenvalue weighted by molar-refractivity contribution is 0.271. The third kappa shape index (κ3) is 2.42. The molecule has 3 nitrogen and oxygen atoms in total. The summed E-state index contributed by atoms with van der Waals surface area (Å²) >= 11 is 0. The number of fused-ring (bicyclic) bond motifs is 1. The number of hydrogen-bond acceptors (Lipinski definition) is 3. The van der Waals surface area contributed by atoms with Gasteiger partial charge in [0.05, 0.1) is 7.11 Å². The first kappa shape index (κ1) is 12.1. The normalized spacial score (nSPS) is 14.4. The molecular formula is C16H17NO2.